The number of aryl methyl sites for hydroxylation is 1. The zero-order valence-electron chi connectivity index (χ0n) is 12.7. The van der Waals surface area contributed by atoms with Crippen LogP contribution < -0.4 is 10.1 Å². The van der Waals surface area contributed by atoms with Crippen LogP contribution >= 0.6 is 0 Å². The number of hydrogen-bond acceptors (Lipinski definition) is 3. The van der Waals surface area contributed by atoms with E-state index in [1.54, 1.807) is 6.20 Å². The van der Waals surface area contributed by atoms with Gasteiger partial charge in [-0.15, -0.1) is 0 Å². The first-order chi connectivity index (χ1) is 10.7. The van der Waals surface area contributed by atoms with Crippen LogP contribution in [0.25, 0.3) is 0 Å². The summed E-state index contributed by atoms with van der Waals surface area (Å²) in [6.07, 6.45) is 6.34. The van der Waals surface area contributed by atoms with Crippen LogP contribution in [0.3, 0.4) is 0 Å². The normalized spacial score (nSPS) is 15.3. The van der Waals surface area contributed by atoms with Gasteiger partial charge in [0, 0.05) is 19.4 Å². The Labute approximate surface area is 130 Å². The summed E-state index contributed by atoms with van der Waals surface area (Å²) in [4.78, 5) is 16.5. The van der Waals surface area contributed by atoms with Crippen molar-refractivity contribution in [2.75, 3.05) is 6.61 Å². The molecule has 1 aromatic heterocycles. The minimum Gasteiger partial charge on any atom is -0.493 e. The van der Waals surface area contributed by atoms with Gasteiger partial charge < -0.3 is 14.6 Å². The van der Waals surface area contributed by atoms with E-state index in [9.17, 15) is 4.79 Å². The first-order valence-electron chi connectivity index (χ1n) is 7.68. The summed E-state index contributed by atoms with van der Waals surface area (Å²) in [6, 6.07) is 9.56. The minimum absolute atomic E-state index is 0.0100. The van der Waals surface area contributed by atoms with Crippen molar-refractivity contribution >= 4 is 5.91 Å². The van der Waals surface area contributed by atoms with Crippen molar-refractivity contribution in [3.63, 3.8) is 0 Å². The molecule has 1 aliphatic carbocycles. The lowest BCUT2D eigenvalue weighted by Gasteiger charge is -2.18. The van der Waals surface area contributed by atoms with Crippen molar-refractivity contribution in [3.8, 4) is 5.75 Å². The number of hydrogen-bond donors (Lipinski definition) is 1. The van der Waals surface area contributed by atoms with E-state index in [1.165, 1.54) is 0 Å². The number of imidazole rings is 1. The zero-order chi connectivity index (χ0) is 15.4. The van der Waals surface area contributed by atoms with Crippen LogP contribution in [0.4, 0.5) is 0 Å². The lowest BCUT2D eigenvalue weighted by atomic mass is 10.1. The second kappa shape index (κ2) is 6.64. The molecular weight excluding hydrogens is 278 g/mol. The number of amides is 1. The molecule has 1 fully saturated rings. The third-order valence-electron chi connectivity index (χ3n) is 3.89. The van der Waals surface area contributed by atoms with E-state index in [-0.39, 0.29) is 11.9 Å². The first-order valence-corrected chi connectivity index (χ1v) is 7.68. The molecule has 116 valence electrons. The van der Waals surface area contributed by atoms with E-state index in [0.717, 1.165) is 24.4 Å². The van der Waals surface area contributed by atoms with Crippen LogP contribution in [0.5, 0.6) is 5.75 Å². The number of carbonyl (C=O) groups is 1. The van der Waals surface area contributed by atoms with Gasteiger partial charge in [-0.3, -0.25) is 4.79 Å². The maximum atomic E-state index is 12.2. The molecule has 5 nitrogen and oxygen atoms in total. The van der Waals surface area contributed by atoms with Crippen LogP contribution in [0.2, 0.25) is 0 Å². The van der Waals surface area contributed by atoms with Crippen LogP contribution in [0.1, 0.15) is 31.1 Å². The summed E-state index contributed by atoms with van der Waals surface area (Å²) in [5.74, 6) is 2.24. The number of nitrogens with one attached hydrogen (secondary N) is 1. The van der Waals surface area contributed by atoms with Gasteiger partial charge in [-0.25, -0.2) is 4.98 Å². The molecule has 1 amide bonds. The first kappa shape index (κ1) is 14.6. The van der Waals surface area contributed by atoms with E-state index in [4.69, 9.17) is 4.74 Å². The SMILES string of the molecule is Cn1ccnc1[C@H](NC(=O)CCOc1ccccc1)C1CC1. The summed E-state index contributed by atoms with van der Waals surface area (Å²) in [5.41, 5.74) is 0. The van der Waals surface area contributed by atoms with E-state index in [2.05, 4.69) is 10.3 Å². The van der Waals surface area contributed by atoms with Gasteiger partial charge in [0.25, 0.3) is 0 Å². The molecule has 1 atom stereocenters. The Kier molecular flexibility index (Phi) is 4.42. The van der Waals surface area contributed by atoms with Crippen molar-refractivity contribution < 1.29 is 9.53 Å². The van der Waals surface area contributed by atoms with E-state index in [0.29, 0.717) is 18.9 Å². The van der Waals surface area contributed by atoms with Gasteiger partial charge in [-0.05, 0) is 30.9 Å². The maximum absolute atomic E-state index is 12.2. The van der Waals surface area contributed by atoms with Gasteiger partial charge in [-0.1, -0.05) is 18.2 Å². The van der Waals surface area contributed by atoms with Crippen molar-refractivity contribution in [2.45, 2.75) is 25.3 Å². The van der Waals surface area contributed by atoms with Crippen LogP contribution in [0.15, 0.2) is 42.7 Å². The predicted octanol–water partition coefficient (Wildman–Crippen LogP) is 2.46. The summed E-state index contributed by atoms with van der Waals surface area (Å²) in [5, 5.41) is 3.11. The molecule has 22 heavy (non-hydrogen) atoms. The molecule has 0 saturated heterocycles. The maximum Gasteiger partial charge on any atom is 0.224 e. The van der Waals surface area contributed by atoms with Gasteiger partial charge >= 0.3 is 0 Å². The predicted molar refractivity (Wildman–Crippen MR) is 83.4 cm³/mol. The number of ether oxygens (including phenoxy) is 1. The largest absolute Gasteiger partial charge is 0.493 e. The fourth-order valence-electron chi connectivity index (χ4n) is 2.52. The number of rotatable bonds is 7. The van der Waals surface area contributed by atoms with Gasteiger partial charge in [0.15, 0.2) is 0 Å². The highest BCUT2D eigenvalue weighted by Gasteiger charge is 2.35. The summed E-state index contributed by atoms with van der Waals surface area (Å²) < 4.78 is 7.54. The molecule has 1 aromatic carbocycles. The lowest BCUT2D eigenvalue weighted by Crippen LogP contribution is -2.32. The molecule has 0 aliphatic heterocycles. The van der Waals surface area contributed by atoms with Gasteiger partial charge in [0.05, 0.1) is 19.1 Å². The van der Waals surface area contributed by atoms with Crippen LogP contribution in [-0.2, 0) is 11.8 Å². The second-order valence-electron chi connectivity index (χ2n) is 5.69. The standard InChI is InChI=1S/C17H21N3O2/c1-20-11-10-18-17(20)16(13-7-8-13)19-15(21)9-12-22-14-5-3-2-4-6-14/h2-6,10-11,13,16H,7-9,12H2,1H3,(H,19,21)/t16-/m1/s1. The number of nitrogens with zero attached hydrogens (tertiary/aromatic N) is 2. The van der Waals surface area contributed by atoms with Crippen LogP contribution in [0, 0.1) is 5.92 Å². The van der Waals surface area contributed by atoms with Crippen molar-refractivity contribution in [3.05, 3.63) is 48.5 Å². The van der Waals surface area contributed by atoms with E-state index >= 15 is 0 Å². The number of benzene rings is 1. The summed E-state index contributed by atoms with van der Waals surface area (Å²) in [6.45, 7) is 0.383. The molecule has 1 aliphatic rings. The monoisotopic (exact) mass is 299 g/mol. The Morgan fingerprint density at radius 3 is 2.82 bits per heavy atom. The molecule has 0 radical (unpaired) electrons. The van der Waals surface area contributed by atoms with E-state index in [1.807, 2.05) is 48.1 Å². The lowest BCUT2D eigenvalue weighted by molar-refractivity contribution is -0.122. The molecule has 1 N–H and O–H groups in total. The van der Waals surface area contributed by atoms with Gasteiger partial charge in [-0.2, -0.15) is 0 Å². The fraction of sp³-hybridized carbons (Fsp3) is 0.412. The fourth-order valence-corrected chi connectivity index (χ4v) is 2.52. The third kappa shape index (κ3) is 3.67. The van der Waals surface area contributed by atoms with E-state index < -0.39 is 0 Å². The molecule has 3 rings (SSSR count). The summed E-state index contributed by atoms with van der Waals surface area (Å²) >= 11 is 0. The molecule has 0 unspecified atom stereocenters. The molecule has 5 heteroatoms. The molecule has 1 saturated carbocycles. The number of aromatic nitrogens is 2. The topological polar surface area (TPSA) is 56.2 Å². The quantitative estimate of drug-likeness (QED) is 0.854. The van der Waals surface area contributed by atoms with Crippen molar-refractivity contribution in [2.24, 2.45) is 13.0 Å². The summed E-state index contributed by atoms with van der Waals surface area (Å²) in [7, 11) is 1.96. The zero-order valence-corrected chi connectivity index (χ0v) is 12.7. The van der Waals surface area contributed by atoms with Crippen molar-refractivity contribution in [1.82, 2.24) is 14.9 Å². The number of carbonyl (C=O) groups excluding carboxylic acids is 1. The Bertz CT molecular complexity index is 620. The van der Waals surface area contributed by atoms with Crippen molar-refractivity contribution in [1.29, 1.82) is 0 Å². The highest BCUT2D eigenvalue weighted by Crippen LogP contribution is 2.40. The molecule has 1 heterocycles. The van der Waals surface area contributed by atoms with Crippen LogP contribution in [-0.4, -0.2) is 22.1 Å². The Morgan fingerprint density at radius 2 is 2.18 bits per heavy atom. The smallest absolute Gasteiger partial charge is 0.224 e. The molecule has 0 bridgehead atoms. The average Bonchev–Trinajstić information content (AvgIpc) is 3.28. The Hall–Kier alpha value is -2.30. The second-order valence-corrected chi connectivity index (χ2v) is 5.69. The molecule has 0 spiro atoms. The Morgan fingerprint density at radius 1 is 1.41 bits per heavy atom. The highest BCUT2D eigenvalue weighted by molar-refractivity contribution is 5.76. The van der Waals surface area contributed by atoms with Gasteiger partial charge in [0.2, 0.25) is 5.91 Å². The van der Waals surface area contributed by atoms with Gasteiger partial charge in [0.1, 0.15) is 11.6 Å². The third-order valence-corrected chi connectivity index (χ3v) is 3.89. The Balaban J connectivity index is 1.51. The minimum atomic E-state index is 0.0100. The average molecular weight is 299 g/mol. The molecule has 2 aromatic rings. The molecular formula is C17H21N3O2. The number of para-hydroxylation sites is 1. The highest BCUT2D eigenvalue weighted by atomic mass is 16.5.